The van der Waals surface area contributed by atoms with Crippen molar-refractivity contribution in [2.75, 3.05) is 0 Å². The lowest BCUT2D eigenvalue weighted by Crippen LogP contribution is -2.12. The quantitative estimate of drug-likeness (QED) is 0.366. The Bertz CT molecular complexity index is 258. The van der Waals surface area contributed by atoms with E-state index in [-0.39, 0.29) is 0 Å². The molecule has 0 bridgehead atoms. The van der Waals surface area contributed by atoms with Crippen LogP contribution in [0.1, 0.15) is 132 Å². The fourth-order valence-corrected chi connectivity index (χ4v) is 4.55. The predicted octanol–water partition coefficient (Wildman–Crippen LogP) is 10.1. The van der Waals surface area contributed by atoms with Crippen molar-refractivity contribution in [1.29, 1.82) is 0 Å². The first-order valence-corrected chi connectivity index (χ1v) is 12.5. The zero-order valence-corrected chi connectivity index (χ0v) is 20.5. The van der Waals surface area contributed by atoms with Crippen LogP contribution < -0.4 is 0 Å². The maximum atomic E-state index is 3.00. The van der Waals surface area contributed by atoms with Crippen LogP contribution in [0.4, 0.5) is 0 Å². The van der Waals surface area contributed by atoms with Gasteiger partial charge in [0.1, 0.15) is 0 Å². The summed E-state index contributed by atoms with van der Waals surface area (Å²) in [5.41, 5.74) is 0. The minimum absolute atomic E-state index is 1.00. The van der Waals surface area contributed by atoms with E-state index in [1.165, 1.54) is 83.5 Å². The van der Waals surface area contributed by atoms with Crippen LogP contribution in [0.5, 0.6) is 0 Å². The van der Waals surface area contributed by atoms with Crippen LogP contribution in [0.25, 0.3) is 0 Å². The first kappa shape index (κ1) is 28.9. The van der Waals surface area contributed by atoms with Gasteiger partial charge in [0.25, 0.3) is 0 Å². The summed E-state index contributed by atoms with van der Waals surface area (Å²) in [7, 11) is 0. The third kappa shape index (κ3) is 17.6. The molecule has 0 aromatic carbocycles. The molecule has 3 aliphatic carbocycles. The van der Waals surface area contributed by atoms with Crippen LogP contribution in [0.15, 0.2) is 13.2 Å². The van der Waals surface area contributed by atoms with Crippen LogP contribution in [-0.2, 0) is 0 Å². The lowest BCUT2D eigenvalue weighted by atomic mass is 9.82. The van der Waals surface area contributed by atoms with Crippen molar-refractivity contribution in [3.05, 3.63) is 13.2 Å². The predicted molar refractivity (Wildman–Crippen MR) is 128 cm³/mol. The molecule has 0 aliphatic heterocycles. The molecule has 4 unspecified atom stereocenters. The van der Waals surface area contributed by atoms with Gasteiger partial charge in [-0.25, -0.2) is 0 Å². The Morgan fingerprint density at radius 3 is 1.00 bits per heavy atom. The molecule has 0 radical (unpaired) electrons. The minimum atomic E-state index is 1.00. The highest BCUT2D eigenvalue weighted by molar-refractivity contribution is 4.67. The highest BCUT2D eigenvalue weighted by Crippen LogP contribution is 2.28. The zero-order chi connectivity index (χ0) is 21.1. The van der Waals surface area contributed by atoms with Gasteiger partial charge in [-0.1, -0.05) is 126 Å². The second-order valence-electron chi connectivity index (χ2n) is 9.36. The van der Waals surface area contributed by atoms with Crippen molar-refractivity contribution in [1.82, 2.24) is 0 Å². The van der Waals surface area contributed by atoms with E-state index in [4.69, 9.17) is 0 Å². The zero-order valence-electron chi connectivity index (χ0n) is 20.5. The molecule has 164 valence electrons. The van der Waals surface area contributed by atoms with Gasteiger partial charge in [-0.05, 0) is 36.0 Å². The van der Waals surface area contributed by atoms with Gasteiger partial charge >= 0.3 is 0 Å². The Kier molecular flexibility index (Phi) is 21.9. The summed E-state index contributed by atoms with van der Waals surface area (Å²) < 4.78 is 0. The summed E-state index contributed by atoms with van der Waals surface area (Å²) in [4.78, 5) is 0. The van der Waals surface area contributed by atoms with Crippen molar-refractivity contribution in [2.45, 2.75) is 132 Å². The molecule has 4 atom stereocenters. The first-order chi connectivity index (χ1) is 13.0. The normalized spacial score (nSPS) is 30.5. The second kappa shape index (κ2) is 20.5. The van der Waals surface area contributed by atoms with Crippen LogP contribution in [0.2, 0.25) is 0 Å². The van der Waals surface area contributed by atoms with E-state index in [1.54, 1.807) is 0 Å². The molecule has 0 saturated heterocycles. The number of hydrogen-bond acceptors (Lipinski definition) is 0. The van der Waals surface area contributed by atoms with Crippen LogP contribution in [-0.4, -0.2) is 0 Å². The standard InChI is InChI=1S/2C8H16.C7H14.C2H6.C2H4/c1-7-4-3-5-8(2)6-7;1-7-5-3-4-6-8(7)2;1-7-5-3-2-4-6-7;2*1-2/h2*7-8H,3-6H2,1-2H3;7H,2-6H2,1H3;1-2H3;1-2H2. The van der Waals surface area contributed by atoms with E-state index in [0.717, 1.165) is 29.6 Å². The summed E-state index contributed by atoms with van der Waals surface area (Å²) in [6, 6.07) is 0. The van der Waals surface area contributed by atoms with Gasteiger partial charge in [-0.2, -0.15) is 0 Å². The molecule has 0 nitrogen and oxygen atoms in total. The summed E-state index contributed by atoms with van der Waals surface area (Å²) in [5, 5.41) is 0. The maximum Gasteiger partial charge on any atom is -0.0417 e. The highest BCUT2D eigenvalue weighted by Gasteiger charge is 2.15. The van der Waals surface area contributed by atoms with Crippen molar-refractivity contribution in [3.8, 4) is 0 Å². The lowest BCUT2D eigenvalue weighted by Gasteiger charge is -2.24. The molecule has 0 amide bonds. The van der Waals surface area contributed by atoms with Gasteiger partial charge in [0.2, 0.25) is 0 Å². The molecule has 0 heteroatoms. The fraction of sp³-hybridized carbons (Fsp3) is 0.926. The lowest BCUT2D eigenvalue weighted by molar-refractivity contribution is 0.277. The van der Waals surface area contributed by atoms with Crippen molar-refractivity contribution in [3.63, 3.8) is 0 Å². The smallest absolute Gasteiger partial charge is 0.0417 e. The monoisotopic (exact) mass is 380 g/mol. The molecule has 0 aromatic heterocycles. The Hall–Kier alpha value is -0.260. The Morgan fingerprint density at radius 2 is 0.778 bits per heavy atom. The molecule has 0 spiro atoms. The van der Waals surface area contributed by atoms with Gasteiger partial charge in [0.15, 0.2) is 0 Å². The topological polar surface area (TPSA) is 0 Å². The highest BCUT2D eigenvalue weighted by atomic mass is 14.2. The summed E-state index contributed by atoms with van der Waals surface area (Å²) >= 11 is 0. The fourth-order valence-electron chi connectivity index (χ4n) is 4.55. The summed E-state index contributed by atoms with van der Waals surface area (Å²) in [5.74, 6) is 5.07. The largest absolute Gasteiger partial charge is 0.106 e. The molecular formula is C27H56. The van der Waals surface area contributed by atoms with Crippen molar-refractivity contribution < 1.29 is 0 Å². The average Bonchev–Trinajstić information content (AvgIpc) is 2.69. The van der Waals surface area contributed by atoms with E-state index in [2.05, 4.69) is 47.8 Å². The van der Waals surface area contributed by atoms with Gasteiger partial charge in [0, 0.05) is 0 Å². The SMILES string of the molecule is C=C.CC.CC1CCCC(C)C1.CC1CCCCC1.CC1CCCCC1C. The Balaban J connectivity index is 0. The maximum absolute atomic E-state index is 3.00. The molecule has 3 saturated carbocycles. The Morgan fingerprint density at radius 1 is 0.444 bits per heavy atom. The summed E-state index contributed by atoms with van der Waals surface area (Å²) in [6.07, 6.45) is 19.2. The van der Waals surface area contributed by atoms with Gasteiger partial charge < -0.3 is 0 Å². The molecular weight excluding hydrogens is 324 g/mol. The van der Waals surface area contributed by atoms with E-state index in [1.807, 2.05) is 13.8 Å². The molecule has 0 aromatic rings. The van der Waals surface area contributed by atoms with E-state index in [0.29, 0.717) is 0 Å². The van der Waals surface area contributed by atoms with Gasteiger partial charge in [-0.3, -0.25) is 0 Å². The third-order valence-electron chi connectivity index (χ3n) is 6.63. The van der Waals surface area contributed by atoms with E-state index < -0.39 is 0 Å². The summed E-state index contributed by atoms with van der Waals surface area (Å²) in [6.45, 7) is 21.9. The second-order valence-corrected chi connectivity index (χ2v) is 9.36. The van der Waals surface area contributed by atoms with Crippen LogP contribution in [0, 0.1) is 29.6 Å². The third-order valence-corrected chi connectivity index (χ3v) is 6.63. The molecule has 3 aliphatic rings. The van der Waals surface area contributed by atoms with E-state index >= 15 is 0 Å². The first-order valence-electron chi connectivity index (χ1n) is 12.5. The van der Waals surface area contributed by atoms with Gasteiger partial charge in [-0.15, -0.1) is 13.2 Å². The van der Waals surface area contributed by atoms with Gasteiger partial charge in [0.05, 0.1) is 0 Å². The average molecular weight is 381 g/mol. The molecule has 0 N–H and O–H groups in total. The minimum Gasteiger partial charge on any atom is -0.106 e. The molecule has 0 heterocycles. The number of rotatable bonds is 0. The number of hydrogen-bond donors (Lipinski definition) is 0. The molecule has 27 heavy (non-hydrogen) atoms. The van der Waals surface area contributed by atoms with E-state index in [9.17, 15) is 0 Å². The van der Waals surface area contributed by atoms with Crippen LogP contribution >= 0.6 is 0 Å². The van der Waals surface area contributed by atoms with Crippen molar-refractivity contribution >= 4 is 0 Å². The van der Waals surface area contributed by atoms with Crippen LogP contribution in [0.3, 0.4) is 0 Å². The molecule has 3 fully saturated rings. The van der Waals surface area contributed by atoms with Crippen molar-refractivity contribution in [2.24, 2.45) is 29.6 Å². The Labute approximate surface area is 175 Å². The molecule has 3 rings (SSSR count).